The minimum absolute atomic E-state index is 0.287. The molecule has 116 valence electrons. The third-order valence-corrected chi connectivity index (χ3v) is 3.93. The van der Waals surface area contributed by atoms with Gasteiger partial charge < -0.3 is 24.7 Å². The second kappa shape index (κ2) is 4.71. The second-order valence-corrected chi connectivity index (χ2v) is 6.74. The normalized spacial score (nSPS) is 28.8. The molecule has 0 bridgehead atoms. The van der Waals surface area contributed by atoms with Crippen molar-refractivity contribution in [1.29, 1.82) is 0 Å². The Morgan fingerprint density at radius 1 is 1.52 bits per heavy atom. The van der Waals surface area contributed by atoms with Gasteiger partial charge in [-0.15, -0.1) is 0 Å². The Morgan fingerprint density at radius 3 is 2.95 bits per heavy atom. The summed E-state index contributed by atoms with van der Waals surface area (Å²) >= 11 is 0. The lowest BCUT2D eigenvalue weighted by Gasteiger charge is -2.42. The van der Waals surface area contributed by atoms with Crippen LogP contribution in [0.25, 0.3) is 0 Å². The lowest BCUT2D eigenvalue weighted by Crippen LogP contribution is -2.58. The molecule has 3 heterocycles. The highest BCUT2D eigenvalue weighted by Gasteiger charge is 2.50. The maximum atomic E-state index is 12.3. The number of carbonyl (C=O) groups excluding carboxylic acids is 1. The van der Waals surface area contributed by atoms with E-state index in [1.165, 1.54) is 0 Å². The molecule has 7 nitrogen and oxygen atoms in total. The number of amides is 1. The molecular weight excluding hydrogens is 272 g/mol. The van der Waals surface area contributed by atoms with Crippen LogP contribution >= 0.6 is 0 Å². The average molecular weight is 294 g/mol. The first kappa shape index (κ1) is 14.3. The second-order valence-electron chi connectivity index (χ2n) is 6.74. The standard InChI is InChI=1S/C14H22N4O3/c1-13(2,3)21-12(19)17-4-5-20-14(7-17)8-18-9-16-6-10(18)11(14)15/h6,9,11H,4-5,7-8,15H2,1-3H3. The Balaban J connectivity index is 1.75. The molecule has 1 aromatic rings. The molecule has 2 unspecified atom stereocenters. The molecule has 2 aliphatic heterocycles. The van der Waals surface area contributed by atoms with Crippen molar-refractivity contribution in [3.05, 3.63) is 18.2 Å². The third-order valence-electron chi connectivity index (χ3n) is 3.93. The number of hydrogen-bond acceptors (Lipinski definition) is 5. The van der Waals surface area contributed by atoms with E-state index in [1.54, 1.807) is 17.4 Å². The molecule has 0 aromatic carbocycles. The van der Waals surface area contributed by atoms with E-state index in [1.807, 2.05) is 25.3 Å². The Kier molecular flexibility index (Phi) is 3.22. The van der Waals surface area contributed by atoms with Crippen LogP contribution in [0.2, 0.25) is 0 Å². The fourth-order valence-corrected chi connectivity index (χ4v) is 2.95. The van der Waals surface area contributed by atoms with E-state index in [2.05, 4.69) is 4.98 Å². The minimum atomic E-state index is -0.576. The lowest BCUT2D eigenvalue weighted by molar-refractivity contribution is -0.120. The zero-order chi connectivity index (χ0) is 15.3. The first-order valence-corrected chi connectivity index (χ1v) is 7.18. The van der Waals surface area contributed by atoms with Gasteiger partial charge in [-0.1, -0.05) is 0 Å². The molecule has 1 fully saturated rings. The summed E-state index contributed by atoms with van der Waals surface area (Å²) < 4.78 is 13.4. The van der Waals surface area contributed by atoms with E-state index in [9.17, 15) is 4.79 Å². The molecule has 2 atom stereocenters. The molecule has 1 spiro atoms. The van der Waals surface area contributed by atoms with Crippen molar-refractivity contribution >= 4 is 6.09 Å². The van der Waals surface area contributed by atoms with Crippen molar-refractivity contribution in [1.82, 2.24) is 14.5 Å². The van der Waals surface area contributed by atoms with E-state index in [0.717, 1.165) is 5.69 Å². The Labute approximate surface area is 124 Å². The van der Waals surface area contributed by atoms with E-state index in [0.29, 0.717) is 26.2 Å². The van der Waals surface area contributed by atoms with Gasteiger partial charge >= 0.3 is 6.09 Å². The summed E-state index contributed by atoms with van der Waals surface area (Å²) in [6.45, 7) is 7.62. The van der Waals surface area contributed by atoms with Crippen molar-refractivity contribution in [2.24, 2.45) is 5.73 Å². The number of rotatable bonds is 0. The predicted octanol–water partition coefficient (Wildman–Crippen LogP) is 0.903. The summed E-state index contributed by atoms with van der Waals surface area (Å²) in [5.41, 5.74) is 6.19. The Hall–Kier alpha value is -1.60. The molecule has 1 amide bonds. The summed E-state index contributed by atoms with van der Waals surface area (Å²) in [4.78, 5) is 18.0. The molecule has 2 N–H and O–H groups in total. The van der Waals surface area contributed by atoms with Crippen LogP contribution < -0.4 is 5.73 Å². The van der Waals surface area contributed by atoms with Gasteiger partial charge in [0.25, 0.3) is 0 Å². The fraction of sp³-hybridized carbons (Fsp3) is 0.714. The van der Waals surface area contributed by atoms with Gasteiger partial charge in [0.05, 0.1) is 37.8 Å². The first-order valence-electron chi connectivity index (χ1n) is 7.18. The highest BCUT2D eigenvalue weighted by molar-refractivity contribution is 5.68. The smallest absolute Gasteiger partial charge is 0.410 e. The SMILES string of the molecule is CC(C)(C)OC(=O)N1CCOC2(C1)Cn1cncc1C2N. The maximum Gasteiger partial charge on any atom is 0.410 e. The van der Waals surface area contributed by atoms with Gasteiger partial charge in [-0.05, 0) is 20.8 Å². The number of ether oxygens (including phenoxy) is 2. The van der Waals surface area contributed by atoms with Crippen molar-refractivity contribution in [3.63, 3.8) is 0 Å². The summed E-state index contributed by atoms with van der Waals surface area (Å²) in [7, 11) is 0. The van der Waals surface area contributed by atoms with Gasteiger partial charge in [0.2, 0.25) is 0 Å². The highest BCUT2D eigenvalue weighted by atomic mass is 16.6. The van der Waals surface area contributed by atoms with E-state index >= 15 is 0 Å². The van der Waals surface area contributed by atoms with Crippen molar-refractivity contribution in [2.75, 3.05) is 19.7 Å². The molecule has 1 saturated heterocycles. The third kappa shape index (κ3) is 2.51. The number of hydrogen-bond donors (Lipinski definition) is 1. The molecule has 1 aromatic heterocycles. The van der Waals surface area contributed by atoms with Crippen LogP contribution in [0.1, 0.15) is 32.5 Å². The zero-order valence-electron chi connectivity index (χ0n) is 12.7. The van der Waals surface area contributed by atoms with Crippen LogP contribution in [0, 0.1) is 0 Å². The Bertz CT molecular complexity index is 551. The number of carbonyl (C=O) groups is 1. The van der Waals surface area contributed by atoms with Crippen LogP contribution in [-0.2, 0) is 16.0 Å². The number of imidazole rings is 1. The van der Waals surface area contributed by atoms with Crippen LogP contribution in [0.4, 0.5) is 4.79 Å². The molecule has 21 heavy (non-hydrogen) atoms. The van der Waals surface area contributed by atoms with Crippen molar-refractivity contribution < 1.29 is 14.3 Å². The summed E-state index contributed by atoms with van der Waals surface area (Å²) in [5, 5.41) is 0. The molecule has 3 rings (SSSR count). The molecular formula is C14H22N4O3. The van der Waals surface area contributed by atoms with E-state index in [4.69, 9.17) is 15.2 Å². The molecule has 0 aliphatic carbocycles. The number of nitrogens with zero attached hydrogens (tertiary/aromatic N) is 3. The van der Waals surface area contributed by atoms with Crippen molar-refractivity contribution in [2.45, 2.75) is 44.6 Å². The van der Waals surface area contributed by atoms with Crippen LogP contribution in [-0.4, -0.2) is 51.4 Å². The number of aromatic nitrogens is 2. The first-order chi connectivity index (χ1) is 9.81. The topological polar surface area (TPSA) is 82.6 Å². The highest BCUT2D eigenvalue weighted by Crippen LogP contribution is 2.38. The van der Waals surface area contributed by atoms with Crippen LogP contribution in [0.15, 0.2) is 12.5 Å². The predicted molar refractivity (Wildman–Crippen MR) is 75.6 cm³/mol. The van der Waals surface area contributed by atoms with E-state index < -0.39 is 11.2 Å². The number of nitrogens with two attached hydrogens (primary N) is 1. The minimum Gasteiger partial charge on any atom is -0.444 e. The number of fused-ring (bicyclic) bond motifs is 1. The van der Waals surface area contributed by atoms with Gasteiger partial charge in [0.15, 0.2) is 0 Å². The average Bonchev–Trinajstić information content (AvgIpc) is 2.91. The van der Waals surface area contributed by atoms with Gasteiger partial charge in [0, 0.05) is 12.7 Å². The van der Waals surface area contributed by atoms with Gasteiger partial charge in [-0.3, -0.25) is 0 Å². The van der Waals surface area contributed by atoms with Gasteiger partial charge in [-0.25, -0.2) is 9.78 Å². The van der Waals surface area contributed by atoms with Gasteiger partial charge in [-0.2, -0.15) is 0 Å². The molecule has 0 radical (unpaired) electrons. The summed E-state index contributed by atoms with van der Waals surface area (Å²) in [5.74, 6) is 0. The number of morpholine rings is 1. The largest absolute Gasteiger partial charge is 0.444 e. The summed E-state index contributed by atoms with van der Waals surface area (Å²) in [6, 6.07) is -0.287. The Morgan fingerprint density at radius 2 is 2.29 bits per heavy atom. The molecule has 2 aliphatic rings. The monoisotopic (exact) mass is 294 g/mol. The quantitative estimate of drug-likeness (QED) is 0.769. The lowest BCUT2D eigenvalue weighted by atomic mass is 9.94. The summed E-state index contributed by atoms with van der Waals surface area (Å²) in [6.07, 6.45) is 3.20. The molecule has 7 heteroatoms. The molecule has 0 saturated carbocycles. The zero-order valence-corrected chi connectivity index (χ0v) is 12.7. The van der Waals surface area contributed by atoms with Gasteiger partial charge in [0.1, 0.15) is 11.2 Å². The van der Waals surface area contributed by atoms with E-state index in [-0.39, 0.29) is 12.1 Å². The fourth-order valence-electron chi connectivity index (χ4n) is 2.95. The van der Waals surface area contributed by atoms with Crippen LogP contribution in [0.5, 0.6) is 0 Å². The van der Waals surface area contributed by atoms with Crippen molar-refractivity contribution in [3.8, 4) is 0 Å². The maximum absolute atomic E-state index is 12.3. The van der Waals surface area contributed by atoms with Crippen LogP contribution in [0.3, 0.4) is 0 Å².